The van der Waals surface area contributed by atoms with Crippen LogP contribution in [0.2, 0.25) is 0 Å². The number of thioether (sulfide) groups is 1. The maximum atomic E-state index is 13.8. The third-order valence-electron chi connectivity index (χ3n) is 3.21. The van der Waals surface area contributed by atoms with Gasteiger partial charge in [-0.25, -0.2) is 19.0 Å². The molecule has 0 saturated carbocycles. The molecule has 0 aliphatic rings. The molecule has 3 rings (SSSR count). The first-order chi connectivity index (χ1) is 11.4. The number of halogens is 4. The molecule has 124 valence electrons. The highest BCUT2D eigenvalue weighted by Crippen LogP contribution is 2.36. The van der Waals surface area contributed by atoms with Gasteiger partial charge in [0.05, 0.1) is 11.9 Å². The van der Waals surface area contributed by atoms with Crippen LogP contribution in [0.1, 0.15) is 5.56 Å². The van der Waals surface area contributed by atoms with E-state index in [1.807, 2.05) is 0 Å². The molecule has 4 nitrogen and oxygen atoms in total. The summed E-state index contributed by atoms with van der Waals surface area (Å²) in [5.74, 6) is -0.532. The van der Waals surface area contributed by atoms with E-state index in [9.17, 15) is 17.6 Å². The van der Waals surface area contributed by atoms with Crippen LogP contribution in [0.3, 0.4) is 0 Å². The van der Waals surface area contributed by atoms with Crippen LogP contribution in [0.15, 0.2) is 48.0 Å². The van der Waals surface area contributed by atoms with E-state index in [1.165, 1.54) is 35.3 Å². The standard InChI is InChI=1S/C15H10F4N4S/c1-24-14-20-7-10(15(17,18)19)13(22-14)9-6-21-23(8-9)12-5-3-2-4-11(12)16/h2-8H,1H3. The molecule has 2 heterocycles. The molecule has 0 amide bonds. The van der Waals surface area contributed by atoms with E-state index < -0.39 is 17.6 Å². The Morgan fingerprint density at radius 3 is 2.54 bits per heavy atom. The molecule has 1 aromatic carbocycles. The van der Waals surface area contributed by atoms with Gasteiger partial charge in [-0.3, -0.25) is 0 Å². The molecule has 0 N–H and O–H groups in total. The zero-order valence-corrected chi connectivity index (χ0v) is 13.1. The van der Waals surface area contributed by atoms with E-state index in [2.05, 4.69) is 15.1 Å². The first-order valence-corrected chi connectivity index (χ1v) is 7.91. The lowest BCUT2D eigenvalue weighted by Gasteiger charge is -2.11. The van der Waals surface area contributed by atoms with E-state index in [4.69, 9.17) is 0 Å². The summed E-state index contributed by atoms with van der Waals surface area (Å²) in [5.41, 5.74) is -0.988. The van der Waals surface area contributed by atoms with Crippen LogP contribution in [0.5, 0.6) is 0 Å². The smallest absolute Gasteiger partial charge is 0.237 e. The van der Waals surface area contributed by atoms with Crippen molar-refractivity contribution in [2.75, 3.05) is 6.26 Å². The molecule has 0 aliphatic heterocycles. The van der Waals surface area contributed by atoms with Crippen LogP contribution in [0, 0.1) is 5.82 Å². The van der Waals surface area contributed by atoms with E-state index in [0.29, 0.717) is 0 Å². The second-order valence-electron chi connectivity index (χ2n) is 4.74. The van der Waals surface area contributed by atoms with Gasteiger partial charge in [0.1, 0.15) is 17.1 Å². The summed E-state index contributed by atoms with van der Waals surface area (Å²) in [7, 11) is 0. The lowest BCUT2D eigenvalue weighted by molar-refractivity contribution is -0.137. The molecule has 0 atom stereocenters. The lowest BCUT2D eigenvalue weighted by Crippen LogP contribution is -2.10. The molecule has 0 unspecified atom stereocenters. The van der Waals surface area contributed by atoms with Crippen molar-refractivity contribution in [1.82, 2.24) is 19.7 Å². The Hall–Kier alpha value is -2.42. The first-order valence-electron chi connectivity index (χ1n) is 6.68. The Kier molecular flexibility index (Phi) is 4.27. The summed E-state index contributed by atoms with van der Waals surface area (Å²) in [6, 6.07) is 5.84. The SMILES string of the molecule is CSc1ncc(C(F)(F)F)c(-c2cnn(-c3ccccc3F)c2)n1. The molecule has 0 spiro atoms. The van der Waals surface area contributed by atoms with Crippen LogP contribution >= 0.6 is 11.8 Å². The highest BCUT2D eigenvalue weighted by Gasteiger charge is 2.35. The molecule has 2 aromatic heterocycles. The van der Waals surface area contributed by atoms with Gasteiger partial charge in [-0.1, -0.05) is 23.9 Å². The van der Waals surface area contributed by atoms with Crippen molar-refractivity contribution in [3.63, 3.8) is 0 Å². The fourth-order valence-electron chi connectivity index (χ4n) is 2.11. The average Bonchev–Trinajstić information content (AvgIpc) is 3.03. The van der Waals surface area contributed by atoms with Crippen molar-refractivity contribution in [3.05, 3.63) is 54.2 Å². The Morgan fingerprint density at radius 1 is 1.12 bits per heavy atom. The number of alkyl halides is 3. The molecule has 0 fully saturated rings. The van der Waals surface area contributed by atoms with Crippen molar-refractivity contribution in [3.8, 4) is 16.9 Å². The lowest BCUT2D eigenvalue weighted by atomic mass is 10.1. The van der Waals surface area contributed by atoms with Crippen LogP contribution in [-0.2, 0) is 6.18 Å². The second kappa shape index (κ2) is 6.23. The topological polar surface area (TPSA) is 43.6 Å². The highest BCUT2D eigenvalue weighted by molar-refractivity contribution is 7.98. The van der Waals surface area contributed by atoms with Gasteiger partial charge in [0, 0.05) is 18.0 Å². The fourth-order valence-corrected chi connectivity index (χ4v) is 2.45. The summed E-state index contributed by atoms with van der Waals surface area (Å²) in [6.45, 7) is 0. The highest BCUT2D eigenvalue weighted by atomic mass is 32.2. The molecule has 0 saturated heterocycles. The Morgan fingerprint density at radius 2 is 1.88 bits per heavy atom. The maximum absolute atomic E-state index is 13.8. The van der Waals surface area contributed by atoms with Crippen LogP contribution in [-0.4, -0.2) is 26.0 Å². The number of nitrogens with zero attached hydrogens (tertiary/aromatic N) is 4. The number of aromatic nitrogens is 4. The molecule has 24 heavy (non-hydrogen) atoms. The third-order valence-corrected chi connectivity index (χ3v) is 3.77. The second-order valence-corrected chi connectivity index (χ2v) is 5.52. The minimum Gasteiger partial charge on any atom is -0.237 e. The quantitative estimate of drug-likeness (QED) is 0.401. The Bertz CT molecular complexity index is 876. The van der Waals surface area contributed by atoms with E-state index in [-0.39, 0.29) is 22.1 Å². The monoisotopic (exact) mass is 354 g/mol. The normalized spacial score (nSPS) is 11.7. The summed E-state index contributed by atoms with van der Waals surface area (Å²) in [4.78, 5) is 7.62. The summed E-state index contributed by atoms with van der Waals surface area (Å²) in [5, 5.41) is 4.15. The Balaban J connectivity index is 2.12. The summed E-state index contributed by atoms with van der Waals surface area (Å²) < 4.78 is 54.5. The van der Waals surface area contributed by atoms with Gasteiger partial charge in [0.2, 0.25) is 0 Å². The molecule has 9 heteroatoms. The zero-order valence-electron chi connectivity index (χ0n) is 12.3. The molecular weight excluding hydrogens is 344 g/mol. The van der Waals surface area contributed by atoms with Gasteiger partial charge >= 0.3 is 6.18 Å². The molecule has 0 radical (unpaired) electrons. The van der Waals surface area contributed by atoms with Crippen molar-refractivity contribution in [1.29, 1.82) is 0 Å². The average molecular weight is 354 g/mol. The van der Waals surface area contributed by atoms with Gasteiger partial charge < -0.3 is 0 Å². The number of para-hydroxylation sites is 1. The first kappa shape index (κ1) is 16.4. The van der Waals surface area contributed by atoms with Crippen LogP contribution < -0.4 is 0 Å². The molecule has 3 aromatic rings. The third kappa shape index (κ3) is 3.12. The molecule has 0 bridgehead atoms. The van der Waals surface area contributed by atoms with Gasteiger partial charge in [-0.2, -0.15) is 18.3 Å². The van der Waals surface area contributed by atoms with E-state index in [0.717, 1.165) is 18.0 Å². The Labute approximate surface area is 138 Å². The number of benzene rings is 1. The van der Waals surface area contributed by atoms with E-state index in [1.54, 1.807) is 12.3 Å². The number of hydrogen-bond acceptors (Lipinski definition) is 4. The van der Waals surface area contributed by atoms with Gasteiger partial charge in [-0.15, -0.1) is 0 Å². The predicted molar refractivity (Wildman–Crippen MR) is 81.3 cm³/mol. The minimum atomic E-state index is -4.60. The van der Waals surface area contributed by atoms with E-state index >= 15 is 0 Å². The summed E-state index contributed by atoms with van der Waals surface area (Å²) >= 11 is 1.13. The molecular formula is C15H10F4N4S. The fraction of sp³-hybridized carbons (Fsp3) is 0.133. The molecule has 0 aliphatic carbocycles. The van der Waals surface area contributed by atoms with Crippen molar-refractivity contribution < 1.29 is 17.6 Å². The minimum absolute atomic E-state index is 0.128. The number of hydrogen-bond donors (Lipinski definition) is 0. The largest absolute Gasteiger partial charge is 0.419 e. The van der Waals surface area contributed by atoms with Crippen molar-refractivity contribution >= 4 is 11.8 Å². The number of rotatable bonds is 3. The summed E-state index contributed by atoms with van der Waals surface area (Å²) in [6.07, 6.45) is 0.324. The van der Waals surface area contributed by atoms with Gasteiger partial charge in [-0.05, 0) is 18.4 Å². The maximum Gasteiger partial charge on any atom is 0.419 e. The van der Waals surface area contributed by atoms with Crippen LogP contribution in [0.25, 0.3) is 16.9 Å². The van der Waals surface area contributed by atoms with Crippen molar-refractivity contribution in [2.24, 2.45) is 0 Å². The zero-order chi connectivity index (χ0) is 17.3. The van der Waals surface area contributed by atoms with Gasteiger partial charge in [0.25, 0.3) is 0 Å². The predicted octanol–water partition coefficient (Wildman–Crippen LogP) is 4.21. The van der Waals surface area contributed by atoms with Crippen LogP contribution in [0.4, 0.5) is 17.6 Å². The van der Waals surface area contributed by atoms with Gasteiger partial charge in [0.15, 0.2) is 5.16 Å². The van der Waals surface area contributed by atoms with Crippen molar-refractivity contribution in [2.45, 2.75) is 11.3 Å².